The second kappa shape index (κ2) is 40.0. The second-order valence-electron chi connectivity index (χ2n) is 15.3. The molecule has 0 saturated heterocycles. The standard InChI is InChI=1S/C44H87NO6/c1-5-8-11-14-18-24-31-42(32-25-19-15-12-9-6-2)51-43(47)33-26-20-16-21-27-34-45(36-37-46)35-28-22-17-23-30-39-50-44(48)41(4)40-49-38-29-13-10-7-3/h41-42,46H,5-40H2,1-4H3. The number of hydrogen-bond donors (Lipinski definition) is 1. The Morgan fingerprint density at radius 1 is 0.549 bits per heavy atom. The summed E-state index contributed by atoms with van der Waals surface area (Å²) in [6, 6.07) is 0. The van der Waals surface area contributed by atoms with E-state index in [0.29, 0.717) is 19.6 Å². The van der Waals surface area contributed by atoms with Gasteiger partial charge in [-0.15, -0.1) is 0 Å². The Morgan fingerprint density at radius 3 is 1.55 bits per heavy atom. The van der Waals surface area contributed by atoms with Crippen molar-refractivity contribution in [2.45, 2.75) is 220 Å². The Morgan fingerprint density at radius 2 is 1.00 bits per heavy atom. The molecule has 0 aliphatic heterocycles. The molecule has 0 fully saturated rings. The minimum Gasteiger partial charge on any atom is -0.465 e. The molecule has 0 aromatic carbocycles. The van der Waals surface area contributed by atoms with Gasteiger partial charge in [0.15, 0.2) is 0 Å². The lowest BCUT2D eigenvalue weighted by atomic mass is 10.0. The molecule has 51 heavy (non-hydrogen) atoms. The molecule has 0 aromatic heterocycles. The lowest BCUT2D eigenvalue weighted by Gasteiger charge is -2.21. The van der Waals surface area contributed by atoms with Gasteiger partial charge < -0.3 is 24.2 Å². The quantitative estimate of drug-likeness (QED) is 0.0496. The summed E-state index contributed by atoms with van der Waals surface area (Å²) in [5.74, 6) is -0.336. The maximum Gasteiger partial charge on any atom is 0.310 e. The van der Waals surface area contributed by atoms with Crippen LogP contribution in [0.4, 0.5) is 0 Å². The predicted molar refractivity (Wildman–Crippen MR) is 215 cm³/mol. The highest BCUT2D eigenvalue weighted by atomic mass is 16.5. The molecule has 0 heterocycles. The van der Waals surface area contributed by atoms with Gasteiger partial charge in [-0.25, -0.2) is 0 Å². The first-order valence-corrected chi connectivity index (χ1v) is 22.2. The third-order valence-electron chi connectivity index (χ3n) is 10.1. The molecular formula is C44H87NO6. The average Bonchev–Trinajstić information content (AvgIpc) is 3.12. The molecule has 0 rings (SSSR count). The summed E-state index contributed by atoms with van der Waals surface area (Å²) in [6.07, 6.45) is 33.7. The first-order chi connectivity index (χ1) is 25.0. The molecule has 1 unspecified atom stereocenters. The van der Waals surface area contributed by atoms with Crippen LogP contribution in [0.3, 0.4) is 0 Å². The van der Waals surface area contributed by atoms with Crippen LogP contribution < -0.4 is 0 Å². The van der Waals surface area contributed by atoms with Crippen LogP contribution >= 0.6 is 0 Å². The highest BCUT2D eigenvalue weighted by Crippen LogP contribution is 2.18. The lowest BCUT2D eigenvalue weighted by molar-refractivity contribution is -0.151. The highest BCUT2D eigenvalue weighted by molar-refractivity contribution is 5.72. The number of esters is 2. The first kappa shape index (κ1) is 49.8. The zero-order valence-electron chi connectivity index (χ0n) is 34.5. The third-order valence-corrected chi connectivity index (χ3v) is 10.1. The van der Waals surface area contributed by atoms with Gasteiger partial charge in [0, 0.05) is 19.6 Å². The summed E-state index contributed by atoms with van der Waals surface area (Å²) < 4.78 is 17.1. The zero-order chi connectivity index (χ0) is 37.5. The van der Waals surface area contributed by atoms with Crippen LogP contribution in [-0.2, 0) is 23.8 Å². The van der Waals surface area contributed by atoms with E-state index < -0.39 is 0 Å². The minimum atomic E-state index is -0.200. The minimum absolute atomic E-state index is 0.00982. The van der Waals surface area contributed by atoms with E-state index in [1.54, 1.807) is 0 Å². The van der Waals surface area contributed by atoms with Crippen molar-refractivity contribution < 1.29 is 28.9 Å². The fourth-order valence-corrected chi connectivity index (χ4v) is 6.67. The molecule has 0 aliphatic rings. The molecule has 7 nitrogen and oxygen atoms in total. The molecular weight excluding hydrogens is 638 g/mol. The predicted octanol–water partition coefficient (Wildman–Crippen LogP) is 11.8. The van der Waals surface area contributed by atoms with Crippen LogP contribution in [0.1, 0.15) is 214 Å². The van der Waals surface area contributed by atoms with E-state index in [9.17, 15) is 14.7 Å². The summed E-state index contributed by atoms with van der Waals surface area (Å²) >= 11 is 0. The van der Waals surface area contributed by atoms with E-state index in [1.165, 1.54) is 96.3 Å². The monoisotopic (exact) mass is 726 g/mol. The largest absolute Gasteiger partial charge is 0.465 e. The van der Waals surface area contributed by atoms with E-state index in [0.717, 1.165) is 110 Å². The molecule has 0 saturated carbocycles. The van der Waals surface area contributed by atoms with Crippen LogP contribution in [0.25, 0.3) is 0 Å². The molecule has 304 valence electrons. The Labute approximate surface area is 317 Å². The Bertz CT molecular complexity index is 718. The van der Waals surface area contributed by atoms with Gasteiger partial charge in [0.25, 0.3) is 0 Å². The fraction of sp³-hybridized carbons (Fsp3) is 0.955. The van der Waals surface area contributed by atoms with E-state index in [-0.39, 0.29) is 30.6 Å². The maximum atomic E-state index is 12.7. The number of aliphatic hydroxyl groups excluding tert-OH is 1. The van der Waals surface area contributed by atoms with Crippen molar-refractivity contribution in [3.05, 3.63) is 0 Å². The third kappa shape index (κ3) is 35.6. The summed E-state index contributed by atoms with van der Waals surface area (Å²) in [5, 5.41) is 9.55. The second-order valence-corrected chi connectivity index (χ2v) is 15.3. The number of hydrogen-bond acceptors (Lipinski definition) is 7. The van der Waals surface area contributed by atoms with Crippen molar-refractivity contribution in [1.82, 2.24) is 4.90 Å². The maximum absolute atomic E-state index is 12.7. The van der Waals surface area contributed by atoms with Gasteiger partial charge in [-0.1, -0.05) is 143 Å². The number of rotatable bonds is 41. The molecule has 1 N–H and O–H groups in total. The lowest BCUT2D eigenvalue weighted by Crippen LogP contribution is -2.29. The van der Waals surface area contributed by atoms with Crippen molar-refractivity contribution in [1.29, 1.82) is 0 Å². The van der Waals surface area contributed by atoms with E-state index >= 15 is 0 Å². The number of nitrogens with zero attached hydrogens (tertiary/aromatic N) is 1. The summed E-state index contributed by atoms with van der Waals surface area (Å²) in [7, 11) is 0. The van der Waals surface area contributed by atoms with Gasteiger partial charge in [0.1, 0.15) is 6.10 Å². The molecule has 0 aromatic rings. The van der Waals surface area contributed by atoms with Crippen molar-refractivity contribution in [2.24, 2.45) is 5.92 Å². The Kier molecular flexibility index (Phi) is 39.1. The van der Waals surface area contributed by atoms with Crippen LogP contribution in [0.2, 0.25) is 0 Å². The van der Waals surface area contributed by atoms with Crippen molar-refractivity contribution in [3.8, 4) is 0 Å². The van der Waals surface area contributed by atoms with Crippen molar-refractivity contribution in [2.75, 3.05) is 46.1 Å². The van der Waals surface area contributed by atoms with Crippen LogP contribution in [0.5, 0.6) is 0 Å². The van der Waals surface area contributed by atoms with Gasteiger partial charge in [-0.2, -0.15) is 0 Å². The Balaban J connectivity index is 3.98. The molecule has 0 amide bonds. The molecule has 1 atom stereocenters. The smallest absolute Gasteiger partial charge is 0.310 e. The van der Waals surface area contributed by atoms with E-state index in [4.69, 9.17) is 14.2 Å². The fourth-order valence-electron chi connectivity index (χ4n) is 6.67. The first-order valence-electron chi connectivity index (χ1n) is 22.2. The normalized spacial score (nSPS) is 12.2. The molecule has 0 radical (unpaired) electrons. The van der Waals surface area contributed by atoms with Gasteiger partial charge in [-0.3, -0.25) is 9.59 Å². The highest BCUT2D eigenvalue weighted by Gasteiger charge is 2.15. The van der Waals surface area contributed by atoms with E-state index in [2.05, 4.69) is 25.7 Å². The van der Waals surface area contributed by atoms with Crippen molar-refractivity contribution >= 4 is 11.9 Å². The Hall–Kier alpha value is -1.18. The van der Waals surface area contributed by atoms with Crippen LogP contribution in [0, 0.1) is 5.92 Å². The molecule has 0 spiro atoms. The topological polar surface area (TPSA) is 85.3 Å². The SMILES string of the molecule is CCCCCCCCC(CCCCCCCC)OC(=O)CCCCCCCN(CCO)CCCCCCCOC(=O)C(C)COCCCCCC. The number of aliphatic hydroxyl groups is 1. The van der Waals surface area contributed by atoms with Gasteiger partial charge in [-0.05, 0) is 77.8 Å². The zero-order valence-corrected chi connectivity index (χ0v) is 34.5. The summed E-state index contributed by atoms with van der Waals surface area (Å²) in [4.78, 5) is 27.3. The van der Waals surface area contributed by atoms with Gasteiger partial charge in [0.05, 0.1) is 25.7 Å². The van der Waals surface area contributed by atoms with Crippen molar-refractivity contribution in [3.63, 3.8) is 0 Å². The van der Waals surface area contributed by atoms with Gasteiger partial charge >= 0.3 is 11.9 Å². The average molecular weight is 726 g/mol. The van der Waals surface area contributed by atoms with E-state index in [1.807, 2.05) is 6.92 Å². The van der Waals surface area contributed by atoms with Crippen LogP contribution in [0.15, 0.2) is 0 Å². The number of unbranched alkanes of at least 4 members (excludes halogenated alkanes) is 21. The number of carbonyl (C=O) groups excluding carboxylic acids is 2. The number of carbonyl (C=O) groups is 2. The summed E-state index contributed by atoms with van der Waals surface area (Å²) in [5.41, 5.74) is 0. The van der Waals surface area contributed by atoms with Crippen LogP contribution in [-0.4, -0.2) is 74.1 Å². The summed E-state index contributed by atoms with van der Waals surface area (Å²) in [6.45, 7) is 13.3. The number of ether oxygens (including phenoxy) is 3. The molecule has 0 bridgehead atoms. The molecule has 7 heteroatoms. The van der Waals surface area contributed by atoms with Gasteiger partial charge in [0.2, 0.25) is 0 Å². The molecule has 0 aliphatic carbocycles.